The average molecular weight is 392 g/mol. The molecule has 0 aliphatic carbocycles. The summed E-state index contributed by atoms with van der Waals surface area (Å²) in [5.74, 6) is 3.02. The molecule has 0 spiro atoms. The number of anilines is 3. The van der Waals surface area contributed by atoms with E-state index in [1.54, 1.807) is 25.7 Å². The predicted molar refractivity (Wildman–Crippen MR) is 111 cm³/mol. The average Bonchev–Trinajstić information content (AvgIpc) is 2.80. The number of benzene rings is 1. The molecule has 0 radical (unpaired) electrons. The van der Waals surface area contributed by atoms with Crippen molar-refractivity contribution in [2.24, 2.45) is 0 Å². The van der Waals surface area contributed by atoms with Crippen molar-refractivity contribution in [3.05, 3.63) is 54.5 Å². The third-order valence-electron chi connectivity index (χ3n) is 4.85. The second-order valence-corrected chi connectivity index (χ2v) is 6.65. The Morgan fingerprint density at radius 3 is 2.55 bits per heavy atom. The first kappa shape index (κ1) is 18.9. The van der Waals surface area contributed by atoms with Gasteiger partial charge in [0, 0.05) is 45.1 Å². The fourth-order valence-corrected chi connectivity index (χ4v) is 3.33. The summed E-state index contributed by atoms with van der Waals surface area (Å²) in [4.78, 5) is 17.7. The molecular weight excluding hydrogens is 368 g/mol. The van der Waals surface area contributed by atoms with Crippen molar-refractivity contribution < 1.29 is 4.74 Å². The first-order chi connectivity index (χ1) is 14.3. The third kappa shape index (κ3) is 4.68. The van der Waals surface area contributed by atoms with E-state index in [9.17, 15) is 0 Å². The highest BCUT2D eigenvalue weighted by Gasteiger charge is 2.20. The molecule has 0 amide bonds. The summed E-state index contributed by atoms with van der Waals surface area (Å²) in [6.07, 6.45) is 6.06. The van der Waals surface area contributed by atoms with Gasteiger partial charge in [-0.25, -0.2) is 9.97 Å². The van der Waals surface area contributed by atoms with Gasteiger partial charge >= 0.3 is 0 Å². The van der Waals surface area contributed by atoms with Gasteiger partial charge in [-0.1, -0.05) is 18.2 Å². The number of aromatic nitrogens is 5. The van der Waals surface area contributed by atoms with Crippen LogP contribution in [0, 0.1) is 0 Å². The molecule has 1 aliphatic rings. The maximum atomic E-state index is 5.40. The topological polar surface area (TPSA) is 92.2 Å². The number of ether oxygens (including phenoxy) is 1. The number of piperazine rings is 1. The Labute approximate surface area is 169 Å². The Hall–Kier alpha value is -3.49. The molecule has 1 aromatic carbocycles. The van der Waals surface area contributed by atoms with Crippen LogP contribution in [-0.4, -0.2) is 65.0 Å². The van der Waals surface area contributed by atoms with Gasteiger partial charge in [0.1, 0.15) is 5.75 Å². The maximum Gasteiger partial charge on any atom is 0.244 e. The Balaban J connectivity index is 1.32. The Bertz CT molecular complexity index is 915. The summed E-state index contributed by atoms with van der Waals surface area (Å²) in [6, 6.07) is 9.83. The van der Waals surface area contributed by atoms with E-state index in [-0.39, 0.29) is 0 Å². The molecule has 0 bridgehead atoms. The zero-order valence-electron chi connectivity index (χ0n) is 16.4. The number of rotatable bonds is 7. The van der Waals surface area contributed by atoms with E-state index in [4.69, 9.17) is 4.74 Å². The van der Waals surface area contributed by atoms with Gasteiger partial charge in [0.15, 0.2) is 5.82 Å². The highest BCUT2D eigenvalue weighted by Crippen LogP contribution is 2.18. The van der Waals surface area contributed by atoms with Gasteiger partial charge in [0.2, 0.25) is 11.9 Å². The zero-order valence-corrected chi connectivity index (χ0v) is 16.4. The van der Waals surface area contributed by atoms with Crippen LogP contribution in [0.2, 0.25) is 0 Å². The van der Waals surface area contributed by atoms with Crippen LogP contribution in [0.1, 0.15) is 5.56 Å². The maximum absolute atomic E-state index is 5.40. The minimum absolute atomic E-state index is 0.534. The van der Waals surface area contributed by atoms with Crippen molar-refractivity contribution >= 4 is 17.7 Å². The molecule has 3 heterocycles. The minimum Gasteiger partial charge on any atom is -0.496 e. The Kier molecular flexibility index (Phi) is 5.94. The molecular formula is C20H24N8O. The van der Waals surface area contributed by atoms with E-state index >= 15 is 0 Å². The van der Waals surface area contributed by atoms with Crippen LogP contribution in [0.25, 0.3) is 0 Å². The lowest BCUT2D eigenvalue weighted by molar-refractivity contribution is 0.410. The van der Waals surface area contributed by atoms with E-state index in [2.05, 4.69) is 46.3 Å². The number of hydrogen-bond acceptors (Lipinski definition) is 9. The van der Waals surface area contributed by atoms with Crippen LogP contribution in [-0.2, 0) is 6.42 Å². The summed E-state index contributed by atoms with van der Waals surface area (Å²) in [6.45, 7) is 4.04. The molecule has 4 rings (SSSR count). The van der Waals surface area contributed by atoms with Gasteiger partial charge < -0.3 is 19.9 Å². The molecule has 0 saturated carbocycles. The largest absolute Gasteiger partial charge is 0.496 e. The highest BCUT2D eigenvalue weighted by atomic mass is 16.5. The molecule has 2 aromatic heterocycles. The molecule has 29 heavy (non-hydrogen) atoms. The molecule has 1 saturated heterocycles. The Morgan fingerprint density at radius 1 is 1.00 bits per heavy atom. The molecule has 1 aliphatic heterocycles. The normalized spacial score (nSPS) is 14.0. The summed E-state index contributed by atoms with van der Waals surface area (Å²) in [5.41, 5.74) is 1.14. The van der Waals surface area contributed by atoms with Gasteiger partial charge in [-0.2, -0.15) is 10.1 Å². The quantitative estimate of drug-likeness (QED) is 0.644. The van der Waals surface area contributed by atoms with Crippen molar-refractivity contribution in [1.82, 2.24) is 25.1 Å². The summed E-state index contributed by atoms with van der Waals surface area (Å²) < 4.78 is 5.40. The summed E-state index contributed by atoms with van der Waals surface area (Å²) in [7, 11) is 1.69. The van der Waals surface area contributed by atoms with Crippen LogP contribution in [0.5, 0.6) is 5.75 Å². The smallest absolute Gasteiger partial charge is 0.244 e. The fraction of sp³-hybridized carbons (Fsp3) is 0.350. The second-order valence-electron chi connectivity index (χ2n) is 6.65. The first-order valence-electron chi connectivity index (χ1n) is 9.66. The number of nitrogens with one attached hydrogen (secondary N) is 1. The van der Waals surface area contributed by atoms with Gasteiger partial charge in [0.25, 0.3) is 0 Å². The molecule has 9 heteroatoms. The molecule has 150 valence electrons. The van der Waals surface area contributed by atoms with E-state index < -0.39 is 0 Å². The van der Waals surface area contributed by atoms with E-state index in [1.165, 1.54) is 0 Å². The van der Waals surface area contributed by atoms with E-state index in [0.29, 0.717) is 12.5 Å². The second kappa shape index (κ2) is 9.13. The first-order valence-corrected chi connectivity index (χ1v) is 9.66. The number of methoxy groups -OCH3 is 1. The molecule has 0 atom stereocenters. The number of para-hydroxylation sites is 1. The van der Waals surface area contributed by atoms with Crippen molar-refractivity contribution in [3.63, 3.8) is 0 Å². The van der Waals surface area contributed by atoms with Gasteiger partial charge in [0.05, 0.1) is 13.3 Å². The minimum atomic E-state index is 0.534. The molecule has 3 aromatic rings. The van der Waals surface area contributed by atoms with Gasteiger partial charge in [-0.3, -0.25) is 0 Å². The third-order valence-corrected chi connectivity index (χ3v) is 4.85. The van der Waals surface area contributed by atoms with Crippen molar-refractivity contribution in [3.8, 4) is 5.75 Å². The van der Waals surface area contributed by atoms with Crippen LogP contribution < -0.4 is 19.9 Å². The Morgan fingerprint density at radius 2 is 1.76 bits per heavy atom. The highest BCUT2D eigenvalue weighted by molar-refractivity contribution is 5.43. The van der Waals surface area contributed by atoms with Crippen LogP contribution in [0.3, 0.4) is 0 Å². The molecule has 1 fully saturated rings. The SMILES string of the molecule is COc1ccccc1CCNc1nncc(N2CCN(c3ncccn3)CC2)n1. The van der Waals surface area contributed by atoms with E-state index in [1.807, 2.05) is 24.3 Å². The van der Waals surface area contributed by atoms with E-state index in [0.717, 1.165) is 55.7 Å². The molecule has 0 unspecified atom stereocenters. The van der Waals surface area contributed by atoms with Gasteiger partial charge in [-0.05, 0) is 24.1 Å². The number of nitrogens with zero attached hydrogens (tertiary/aromatic N) is 7. The summed E-state index contributed by atoms with van der Waals surface area (Å²) in [5, 5.41) is 11.5. The van der Waals surface area contributed by atoms with Crippen molar-refractivity contribution in [1.29, 1.82) is 0 Å². The fourth-order valence-electron chi connectivity index (χ4n) is 3.33. The molecule has 9 nitrogen and oxygen atoms in total. The van der Waals surface area contributed by atoms with Crippen LogP contribution in [0.4, 0.5) is 17.7 Å². The lowest BCUT2D eigenvalue weighted by Gasteiger charge is -2.35. The monoisotopic (exact) mass is 392 g/mol. The van der Waals surface area contributed by atoms with Crippen molar-refractivity contribution in [2.45, 2.75) is 6.42 Å². The zero-order chi connectivity index (χ0) is 19.9. The summed E-state index contributed by atoms with van der Waals surface area (Å²) >= 11 is 0. The van der Waals surface area contributed by atoms with Crippen molar-refractivity contribution in [2.75, 3.05) is 55.0 Å². The standard InChI is InChI=1S/C20H24N8O/c1-29-17-6-3-2-5-16(17)7-10-21-19-25-18(15-24-26-19)27-11-13-28(14-12-27)20-22-8-4-9-23-20/h2-6,8-9,15H,7,10-14H2,1H3,(H,21,25,26). The van der Waals surface area contributed by atoms with Crippen LogP contribution in [0.15, 0.2) is 48.9 Å². The lowest BCUT2D eigenvalue weighted by Crippen LogP contribution is -2.47. The van der Waals surface area contributed by atoms with Crippen LogP contribution >= 0.6 is 0 Å². The lowest BCUT2D eigenvalue weighted by atomic mass is 10.1. The predicted octanol–water partition coefficient (Wildman–Crippen LogP) is 1.65. The molecule has 1 N–H and O–H groups in total. The van der Waals surface area contributed by atoms with Gasteiger partial charge in [-0.15, -0.1) is 5.10 Å². The number of hydrogen-bond donors (Lipinski definition) is 1.